The van der Waals surface area contributed by atoms with Crippen LogP contribution in [0.5, 0.6) is 0 Å². The maximum absolute atomic E-state index is 12.7. The smallest absolute Gasteiger partial charge is 0.259 e. The molecule has 1 aliphatic heterocycles. The van der Waals surface area contributed by atoms with Crippen molar-refractivity contribution in [3.8, 4) is 0 Å². The summed E-state index contributed by atoms with van der Waals surface area (Å²) < 4.78 is 0.818. The lowest BCUT2D eigenvalue weighted by Gasteiger charge is -2.19. The van der Waals surface area contributed by atoms with Crippen LogP contribution in [0, 0.1) is 6.92 Å². The number of fused-ring (bicyclic) bond motifs is 1. The van der Waals surface area contributed by atoms with Gasteiger partial charge in [-0.05, 0) is 58.6 Å². The minimum atomic E-state index is 0.0134. The lowest BCUT2D eigenvalue weighted by atomic mass is 10.1. The predicted molar refractivity (Wildman–Crippen MR) is 85.1 cm³/mol. The van der Waals surface area contributed by atoms with E-state index in [4.69, 9.17) is 5.73 Å². The van der Waals surface area contributed by atoms with Crippen LogP contribution in [-0.2, 0) is 6.42 Å². The Morgan fingerprint density at radius 1 is 1.30 bits per heavy atom. The molecule has 4 heteroatoms. The van der Waals surface area contributed by atoms with Gasteiger partial charge in [-0.3, -0.25) is 4.79 Å². The van der Waals surface area contributed by atoms with E-state index < -0.39 is 0 Å². The molecule has 0 unspecified atom stereocenters. The van der Waals surface area contributed by atoms with Crippen molar-refractivity contribution >= 4 is 33.2 Å². The van der Waals surface area contributed by atoms with Crippen LogP contribution in [-0.4, -0.2) is 12.5 Å². The summed E-state index contributed by atoms with van der Waals surface area (Å²) in [5.41, 5.74) is 10.6. The molecule has 2 aromatic rings. The van der Waals surface area contributed by atoms with Crippen molar-refractivity contribution in [3.63, 3.8) is 0 Å². The summed E-state index contributed by atoms with van der Waals surface area (Å²) in [6.07, 6.45) is 0.882. The zero-order valence-electron chi connectivity index (χ0n) is 11.2. The third-order valence-corrected chi connectivity index (χ3v) is 4.40. The molecule has 3 nitrogen and oxygen atoms in total. The Balaban J connectivity index is 2.01. The van der Waals surface area contributed by atoms with Gasteiger partial charge in [-0.25, -0.2) is 0 Å². The van der Waals surface area contributed by atoms with Gasteiger partial charge in [-0.1, -0.05) is 18.2 Å². The highest BCUT2D eigenvalue weighted by Crippen LogP contribution is 2.33. The molecule has 0 atom stereocenters. The van der Waals surface area contributed by atoms with Crippen molar-refractivity contribution in [2.45, 2.75) is 13.3 Å². The number of carbonyl (C=O) groups is 1. The lowest BCUT2D eigenvalue weighted by Crippen LogP contribution is -2.29. The van der Waals surface area contributed by atoms with E-state index in [9.17, 15) is 4.79 Å². The normalized spacial score (nSPS) is 13.4. The van der Waals surface area contributed by atoms with E-state index >= 15 is 0 Å². The summed E-state index contributed by atoms with van der Waals surface area (Å²) in [5.74, 6) is 0.0134. The van der Waals surface area contributed by atoms with E-state index in [1.165, 1.54) is 5.56 Å². The molecule has 0 aromatic heterocycles. The molecule has 0 radical (unpaired) electrons. The van der Waals surface area contributed by atoms with Gasteiger partial charge in [-0.2, -0.15) is 0 Å². The molecule has 0 saturated heterocycles. The van der Waals surface area contributed by atoms with Gasteiger partial charge in [0.1, 0.15) is 0 Å². The van der Waals surface area contributed by atoms with Crippen molar-refractivity contribution in [1.29, 1.82) is 0 Å². The molecule has 20 heavy (non-hydrogen) atoms. The molecule has 102 valence electrons. The number of nitrogens with zero attached hydrogens (tertiary/aromatic N) is 1. The average Bonchev–Trinajstić information content (AvgIpc) is 2.82. The maximum Gasteiger partial charge on any atom is 0.259 e. The molecule has 0 aliphatic carbocycles. The monoisotopic (exact) mass is 330 g/mol. The summed E-state index contributed by atoms with van der Waals surface area (Å²) in [7, 11) is 0. The molecule has 2 N–H and O–H groups in total. The maximum atomic E-state index is 12.7. The molecule has 0 spiro atoms. The highest BCUT2D eigenvalue weighted by molar-refractivity contribution is 9.10. The number of aryl methyl sites for hydroxylation is 1. The summed E-state index contributed by atoms with van der Waals surface area (Å²) >= 11 is 3.44. The Labute approximate surface area is 126 Å². The van der Waals surface area contributed by atoms with Crippen LogP contribution in [0.2, 0.25) is 0 Å². The molecule has 3 rings (SSSR count). The second-order valence-electron chi connectivity index (χ2n) is 5.02. The fraction of sp³-hybridized carbons (Fsp3) is 0.188. The minimum absolute atomic E-state index is 0.0134. The van der Waals surface area contributed by atoms with E-state index in [-0.39, 0.29) is 5.91 Å². The largest absolute Gasteiger partial charge is 0.398 e. The van der Waals surface area contributed by atoms with Crippen molar-refractivity contribution in [3.05, 3.63) is 57.6 Å². The summed E-state index contributed by atoms with van der Waals surface area (Å²) in [4.78, 5) is 14.5. The number of carbonyl (C=O) groups excluding carboxylic acids is 1. The Hall–Kier alpha value is -1.81. The zero-order valence-corrected chi connectivity index (χ0v) is 12.8. The van der Waals surface area contributed by atoms with E-state index in [2.05, 4.69) is 22.0 Å². The topological polar surface area (TPSA) is 46.3 Å². The third kappa shape index (κ3) is 2.10. The first kappa shape index (κ1) is 13.2. The number of benzene rings is 2. The Kier molecular flexibility index (Phi) is 3.26. The van der Waals surface area contributed by atoms with Crippen molar-refractivity contribution in [1.82, 2.24) is 0 Å². The number of amides is 1. The van der Waals surface area contributed by atoms with Gasteiger partial charge in [0.05, 0.1) is 5.56 Å². The van der Waals surface area contributed by atoms with Crippen LogP contribution in [0.1, 0.15) is 21.5 Å². The fourth-order valence-corrected chi connectivity index (χ4v) is 3.02. The van der Waals surface area contributed by atoms with Crippen molar-refractivity contribution in [2.24, 2.45) is 0 Å². The van der Waals surface area contributed by atoms with Crippen LogP contribution in [0.4, 0.5) is 11.4 Å². The predicted octanol–water partition coefficient (Wildman–Crippen LogP) is 3.54. The second kappa shape index (κ2) is 4.94. The molecular formula is C16H15BrN2O. The first-order chi connectivity index (χ1) is 9.58. The van der Waals surface area contributed by atoms with Gasteiger partial charge in [0.15, 0.2) is 0 Å². The van der Waals surface area contributed by atoms with Gasteiger partial charge >= 0.3 is 0 Å². The quantitative estimate of drug-likeness (QED) is 0.813. The average molecular weight is 331 g/mol. The first-order valence-electron chi connectivity index (χ1n) is 6.53. The molecule has 1 aliphatic rings. The van der Waals surface area contributed by atoms with E-state index in [1.807, 2.05) is 42.2 Å². The fourth-order valence-electron chi connectivity index (χ4n) is 2.57. The Morgan fingerprint density at radius 2 is 2.05 bits per heavy atom. The number of anilines is 2. The van der Waals surface area contributed by atoms with Crippen LogP contribution in [0.3, 0.4) is 0 Å². The standard InChI is InChI=1S/C16H15BrN2O/c1-10-8-11-6-7-19(15(11)9-14(10)18)16(20)12-4-2-3-5-13(12)17/h2-5,8-9H,6-7,18H2,1H3. The third-order valence-electron chi connectivity index (χ3n) is 3.71. The molecule has 0 saturated carbocycles. The number of nitrogens with two attached hydrogens (primary N) is 1. The highest BCUT2D eigenvalue weighted by atomic mass is 79.9. The summed E-state index contributed by atoms with van der Waals surface area (Å²) in [5, 5.41) is 0. The Morgan fingerprint density at radius 3 is 2.80 bits per heavy atom. The molecule has 2 aromatic carbocycles. The number of nitrogen functional groups attached to an aromatic ring is 1. The second-order valence-corrected chi connectivity index (χ2v) is 5.88. The van der Waals surface area contributed by atoms with Gasteiger partial charge < -0.3 is 10.6 Å². The summed E-state index contributed by atoms with van der Waals surface area (Å²) in [6.45, 7) is 2.70. The minimum Gasteiger partial charge on any atom is -0.398 e. The lowest BCUT2D eigenvalue weighted by molar-refractivity contribution is 0.0988. The van der Waals surface area contributed by atoms with Crippen molar-refractivity contribution < 1.29 is 4.79 Å². The van der Waals surface area contributed by atoms with Crippen molar-refractivity contribution in [2.75, 3.05) is 17.2 Å². The number of hydrogen-bond acceptors (Lipinski definition) is 2. The van der Waals surface area contributed by atoms with Gasteiger partial charge in [0.25, 0.3) is 5.91 Å². The van der Waals surface area contributed by atoms with Crippen LogP contribution in [0.15, 0.2) is 40.9 Å². The summed E-state index contributed by atoms with van der Waals surface area (Å²) in [6, 6.07) is 11.5. The number of hydrogen-bond donors (Lipinski definition) is 1. The van der Waals surface area contributed by atoms with Crippen LogP contribution in [0.25, 0.3) is 0 Å². The van der Waals surface area contributed by atoms with Gasteiger partial charge in [0, 0.05) is 22.4 Å². The number of halogens is 1. The SMILES string of the molecule is Cc1cc2c(cc1N)N(C(=O)c1ccccc1Br)CC2. The van der Waals surface area contributed by atoms with E-state index in [1.54, 1.807) is 0 Å². The molecule has 1 heterocycles. The molecule has 0 fully saturated rings. The highest BCUT2D eigenvalue weighted by Gasteiger charge is 2.27. The van der Waals surface area contributed by atoms with Gasteiger partial charge in [-0.15, -0.1) is 0 Å². The molecule has 1 amide bonds. The van der Waals surface area contributed by atoms with E-state index in [0.717, 1.165) is 27.8 Å². The Bertz CT molecular complexity index is 697. The van der Waals surface area contributed by atoms with Crippen LogP contribution >= 0.6 is 15.9 Å². The van der Waals surface area contributed by atoms with E-state index in [0.29, 0.717) is 12.1 Å². The molecule has 0 bridgehead atoms. The first-order valence-corrected chi connectivity index (χ1v) is 7.32. The van der Waals surface area contributed by atoms with Crippen LogP contribution < -0.4 is 10.6 Å². The zero-order chi connectivity index (χ0) is 14.3. The van der Waals surface area contributed by atoms with Gasteiger partial charge in [0.2, 0.25) is 0 Å². The number of rotatable bonds is 1. The molecular weight excluding hydrogens is 316 g/mol.